The number of carbonyl (C=O) groups excluding carboxylic acids is 1. The van der Waals surface area contributed by atoms with Crippen LogP contribution in [0.1, 0.15) is 21.6 Å². The molecule has 16 heteroatoms. The van der Waals surface area contributed by atoms with Crippen LogP contribution in [0, 0.1) is 0 Å². The van der Waals surface area contributed by atoms with Crippen LogP contribution in [0.4, 0.5) is 37.7 Å². The van der Waals surface area contributed by atoms with E-state index in [-0.39, 0.29) is 11.4 Å². The van der Waals surface area contributed by atoms with Crippen molar-refractivity contribution in [3.8, 4) is 16.5 Å². The van der Waals surface area contributed by atoms with Crippen molar-refractivity contribution in [1.82, 2.24) is 9.97 Å². The highest BCUT2D eigenvalue weighted by Crippen LogP contribution is 2.43. The number of aromatic nitrogens is 2. The summed E-state index contributed by atoms with van der Waals surface area (Å²) in [7, 11) is -4.19. The first-order chi connectivity index (χ1) is 18.7. The van der Waals surface area contributed by atoms with Gasteiger partial charge in [0.1, 0.15) is 10.7 Å². The van der Waals surface area contributed by atoms with E-state index < -0.39 is 55.9 Å². The number of sulfonamides is 1. The Labute approximate surface area is 226 Å². The summed E-state index contributed by atoms with van der Waals surface area (Å²) < 4.78 is 114. The lowest BCUT2D eigenvalue weighted by Gasteiger charge is -2.20. The molecule has 0 saturated heterocycles. The molecule has 40 heavy (non-hydrogen) atoms. The number of amides is 1. The zero-order valence-electron chi connectivity index (χ0n) is 20.0. The highest BCUT2D eigenvalue weighted by Gasteiger charge is 2.42. The zero-order valence-corrected chi connectivity index (χ0v) is 21.6. The van der Waals surface area contributed by atoms with Crippen molar-refractivity contribution < 1.29 is 44.3 Å². The van der Waals surface area contributed by atoms with Crippen LogP contribution in [-0.2, 0) is 22.4 Å². The van der Waals surface area contributed by atoms with Gasteiger partial charge in [0.05, 0.1) is 35.8 Å². The number of ether oxygens (including phenoxy) is 1. The lowest BCUT2D eigenvalue weighted by Crippen LogP contribution is -2.22. The van der Waals surface area contributed by atoms with Gasteiger partial charge in [-0.05, 0) is 18.2 Å². The number of anilines is 2. The van der Waals surface area contributed by atoms with E-state index in [0.717, 1.165) is 24.9 Å². The quantitative estimate of drug-likeness (QED) is 0.240. The fraction of sp³-hybridized carbons (Fsp3) is 0.125. The van der Waals surface area contributed by atoms with E-state index in [4.69, 9.17) is 4.74 Å². The summed E-state index contributed by atoms with van der Waals surface area (Å²) in [6.45, 7) is 0. The third kappa shape index (κ3) is 6.17. The van der Waals surface area contributed by atoms with Gasteiger partial charge in [0.2, 0.25) is 5.88 Å². The van der Waals surface area contributed by atoms with Crippen LogP contribution in [-0.4, -0.2) is 31.4 Å². The van der Waals surface area contributed by atoms with E-state index in [0.29, 0.717) is 23.2 Å². The fourth-order valence-electron chi connectivity index (χ4n) is 3.46. The molecule has 0 aliphatic rings. The number of hydrogen-bond donors (Lipinski definition) is 2. The smallest absolute Gasteiger partial charge is 0.418 e. The molecule has 2 heterocycles. The van der Waals surface area contributed by atoms with Crippen LogP contribution in [0.15, 0.2) is 71.1 Å². The topological polar surface area (TPSA) is 110 Å². The Balaban J connectivity index is 1.68. The Morgan fingerprint density at radius 3 is 2.15 bits per heavy atom. The molecule has 0 aliphatic heterocycles. The van der Waals surface area contributed by atoms with E-state index in [1.165, 1.54) is 21.4 Å². The number of carbonyl (C=O) groups is 1. The average molecular weight is 603 g/mol. The number of halogens is 6. The van der Waals surface area contributed by atoms with Crippen LogP contribution in [0.3, 0.4) is 0 Å². The number of rotatable bonds is 7. The first-order valence-corrected chi connectivity index (χ1v) is 13.2. The minimum absolute atomic E-state index is 0.0314. The van der Waals surface area contributed by atoms with Crippen LogP contribution in [0.2, 0.25) is 0 Å². The molecule has 0 saturated carbocycles. The Morgan fingerprint density at radius 1 is 0.950 bits per heavy atom. The summed E-state index contributed by atoms with van der Waals surface area (Å²) >= 11 is 1.17. The predicted molar refractivity (Wildman–Crippen MR) is 134 cm³/mol. The molecule has 210 valence electrons. The maximum Gasteiger partial charge on any atom is 0.418 e. The summed E-state index contributed by atoms with van der Waals surface area (Å²) in [6.07, 6.45) is -9.67. The summed E-state index contributed by atoms with van der Waals surface area (Å²) in [6, 6.07) is 10.8. The van der Waals surface area contributed by atoms with Crippen molar-refractivity contribution in [2.24, 2.45) is 0 Å². The summed E-state index contributed by atoms with van der Waals surface area (Å²) in [5, 5.41) is 4.32. The Kier molecular flexibility index (Phi) is 7.76. The second-order valence-corrected chi connectivity index (χ2v) is 10.4. The van der Waals surface area contributed by atoms with Gasteiger partial charge in [-0.2, -0.15) is 26.3 Å². The number of nitrogens with one attached hydrogen (secondary N) is 2. The van der Waals surface area contributed by atoms with Crippen LogP contribution < -0.4 is 14.8 Å². The number of thiazole rings is 1. The molecule has 0 unspecified atom stereocenters. The molecule has 2 aromatic heterocycles. The minimum Gasteiger partial charge on any atom is -0.480 e. The molecule has 2 N–H and O–H groups in total. The molecular formula is C24H16F6N4O4S2. The summed E-state index contributed by atoms with van der Waals surface area (Å²) in [5.41, 5.74) is -4.99. The van der Waals surface area contributed by atoms with Crippen molar-refractivity contribution in [3.05, 3.63) is 83.0 Å². The number of alkyl halides is 6. The van der Waals surface area contributed by atoms with Gasteiger partial charge in [-0.15, -0.1) is 11.3 Å². The van der Waals surface area contributed by atoms with Gasteiger partial charge in [-0.25, -0.2) is 18.4 Å². The standard InChI is InChI=1S/C24H16F6N4O4S2/c1-38-21-18(40(36,37)34-19-15(23(25,26)27)8-5-9-16(19)24(28,29)30)10-14(11-31-21)32-20(35)17-12-39-22(33-17)13-6-3-2-4-7-13/h2-12,34H,1H3,(H,32,35). The number of nitrogens with zero attached hydrogens (tertiary/aromatic N) is 2. The molecular weight excluding hydrogens is 586 g/mol. The summed E-state index contributed by atoms with van der Waals surface area (Å²) in [4.78, 5) is 19.8. The van der Waals surface area contributed by atoms with E-state index in [2.05, 4.69) is 15.3 Å². The van der Waals surface area contributed by atoms with Crippen molar-refractivity contribution in [2.45, 2.75) is 17.2 Å². The zero-order chi connectivity index (χ0) is 29.3. The van der Waals surface area contributed by atoms with E-state index in [1.54, 1.807) is 30.3 Å². The molecule has 0 bridgehead atoms. The van der Waals surface area contributed by atoms with Crippen molar-refractivity contribution in [3.63, 3.8) is 0 Å². The van der Waals surface area contributed by atoms with Gasteiger partial charge in [-0.1, -0.05) is 36.4 Å². The maximum absolute atomic E-state index is 13.5. The largest absolute Gasteiger partial charge is 0.480 e. The van der Waals surface area contributed by atoms with Gasteiger partial charge in [0, 0.05) is 10.9 Å². The molecule has 8 nitrogen and oxygen atoms in total. The van der Waals surface area contributed by atoms with E-state index in [9.17, 15) is 39.6 Å². The van der Waals surface area contributed by atoms with E-state index >= 15 is 0 Å². The van der Waals surface area contributed by atoms with Crippen molar-refractivity contribution in [2.75, 3.05) is 17.1 Å². The Bertz CT molecular complexity index is 1620. The molecule has 0 fully saturated rings. The Hall–Kier alpha value is -4.18. The molecule has 0 atom stereocenters. The normalized spacial score (nSPS) is 12.2. The lowest BCUT2D eigenvalue weighted by molar-refractivity contribution is -0.141. The van der Waals surface area contributed by atoms with Gasteiger partial charge in [0.25, 0.3) is 15.9 Å². The van der Waals surface area contributed by atoms with Gasteiger partial charge in [0.15, 0.2) is 4.90 Å². The number of benzene rings is 2. The molecule has 1 amide bonds. The molecule has 0 spiro atoms. The van der Waals surface area contributed by atoms with Crippen LogP contribution >= 0.6 is 11.3 Å². The molecule has 2 aromatic carbocycles. The SMILES string of the molecule is COc1ncc(NC(=O)c2csc(-c3ccccc3)n2)cc1S(=O)(=O)Nc1c(C(F)(F)F)cccc1C(F)(F)F. The fourth-order valence-corrected chi connectivity index (χ4v) is 5.51. The monoisotopic (exact) mass is 602 g/mol. The van der Waals surface area contributed by atoms with Gasteiger partial charge < -0.3 is 10.1 Å². The first kappa shape index (κ1) is 28.8. The van der Waals surface area contributed by atoms with Gasteiger partial charge >= 0.3 is 12.4 Å². The highest BCUT2D eigenvalue weighted by molar-refractivity contribution is 7.92. The average Bonchev–Trinajstić information content (AvgIpc) is 3.38. The van der Waals surface area contributed by atoms with Crippen molar-refractivity contribution >= 4 is 38.6 Å². The van der Waals surface area contributed by atoms with E-state index in [1.807, 2.05) is 0 Å². The third-order valence-electron chi connectivity index (χ3n) is 5.23. The lowest BCUT2D eigenvalue weighted by atomic mass is 10.1. The highest BCUT2D eigenvalue weighted by atomic mass is 32.2. The van der Waals surface area contributed by atoms with Crippen molar-refractivity contribution in [1.29, 1.82) is 0 Å². The van der Waals surface area contributed by atoms with Crippen LogP contribution in [0.5, 0.6) is 5.88 Å². The number of para-hydroxylation sites is 1. The Morgan fingerprint density at radius 2 is 1.57 bits per heavy atom. The third-order valence-corrected chi connectivity index (χ3v) is 7.46. The maximum atomic E-state index is 13.5. The first-order valence-electron chi connectivity index (χ1n) is 10.9. The molecule has 4 aromatic rings. The number of methoxy groups -OCH3 is 1. The minimum atomic E-state index is -5.33. The van der Waals surface area contributed by atoms with Crippen LogP contribution in [0.25, 0.3) is 10.6 Å². The predicted octanol–water partition coefficient (Wildman–Crippen LogP) is 6.30. The van der Waals surface area contributed by atoms with Gasteiger partial charge in [-0.3, -0.25) is 9.52 Å². The number of pyridine rings is 1. The molecule has 0 aliphatic carbocycles. The molecule has 4 rings (SSSR count). The second kappa shape index (κ2) is 10.8. The summed E-state index contributed by atoms with van der Waals surface area (Å²) in [5.74, 6) is -1.42. The second-order valence-electron chi connectivity index (χ2n) is 7.92. The molecule has 0 radical (unpaired) electrons. The number of hydrogen-bond acceptors (Lipinski definition) is 7.